The molecule has 5 nitrogen and oxygen atoms in total. The number of hydrogen-bond donors (Lipinski definition) is 1. The number of carbonyl (C=O) groups excluding carboxylic acids is 1. The minimum atomic E-state index is -0.641. The number of halogens is 1. The molecule has 0 bridgehead atoms. The van der Waals surface area contributed by atoms with Crippen molar-refractivity contribution in [3.63, 3.8) is 0 Å². The summed E-state index contributed by atoms with van der Waals surface area (Å²) in [6.07, 6.45) is -0.289. The smallest absolute Gasteiger partial charge is 0.338 e. The van der Waals surface area contributed by atoms with Crippen molar-refractivity contribution >= 4 is 17.6 Å². The van der Waals surface area contributed by atoms with Gasteiger partial charge in [0.1, 0.15) is 17.4 Å². The SMILES string of the molecule is CC1=C(C(=O)OC(C)C)[C@@H](c2ccc(Cl)cc2)C(C#N)=C(N)O1. The monoisotopic (exact) mass is 332 g/mol. The second-order valence-electron chi connectivity index (χ2n) is 5.40. The zero-order valence-corrected chi connectivity index (χ0v) is 13.8. The number of nitrogens with zero attached hydrogens (tertiary/aromatic N) is 1. The molecule has 0 saturated carbocycles. The fraction of sp³-hybridized carbons (Fsp3) is 0.294. The van der Waals surface area contributed by atoms with Gasteiger partial charge in [0, 0.05) is 5.02 Å². The van der Waals surface area contributed by atoms with Crippen molar-refractivity contribution in [2.45, 2.75) is 32.8 Å². The van der Waals surface area contributed by atoms with Gasteiger partial charge in [-0.25, -0.2) is 4.79 Å². The van der Waals surface area contributed by atoms with Gasteiger partial charge in [-0.1, -0.05) is 23.7 Å². The summed E-state index contributed by atoms with van der Waals surface area (Å²) < 4.78 is 10.7. The minimum absolute atomic E-state index is 0.00829. The number of carbonyl (C=O) groups is 1. The summed E-state index contributed by atoms with van der Waals surface area (Å²) in [5.74, 6) is -0.854. The van der Waals surface area contributed by atoms with Gasteiger partial charge in [0.2, 0.25) is 5.88 Å². The number of hydrogen-bond acceptors (Lipinski definition) is 5. The topological polar surface area (TPSA) is 85.3 Å². The second kappa shape index (κ2) is 6.76. The van der Waals surface area contributed by atoms with E-state index >= 15 is 0 Å². The van der Waals surface area contributed by atoms with Crippen LogP contribution in [0.3, 0.4) is 0 Å². The zero-order chi connectivity index (χ0) is 17.1. The Morgan fingerprint density at radius 1 is 1.39 bits per heavy atom. The maximum atomic E-state index is 12.5. The molecule has 2 N–H and O–H groups in total. The van der Waals surface area contributed by atoms with Crippen molar-refractivity contribution in [3.05, 3.63) is 57.6 Å². The number of esters is 1. The van der Waals surface area contributed by atoms with Gasteiger partial charge in [0.05, 0.1) is 17.6 Å². The van der Waals surface area contributed by atoms with Crippen LogP contribution in [-0.4, -0.2) is 12.1 Å². The summed E-state index contributed by atoms with van der Waals surface area (Å²) in [7, 11) is 0. The Morgan fingerprint density at radius 2 is 2.00 bits per heavy atom. The Balaban J connectivity index is 2.57. The highest BCUT2D eigenvalue weighted by Gasteiger charge is 2.36. The molecule has 23 heavy (non-hydrogen) atoms. The maximum Gasteiger partial charge on any atom is 0.338 e. The van der Waals surface area contributed by atoms with Crippen molar-refractivity contribution in [3.8, 4) is 6.07 Å². The van der Waals surface area contributed by atoms with Gasteiger partial charge in [-0.3, -0.25) is 0 Å². The van der Waals surface area contributed by atoms with Crippen LogP contribution in [0, 0.1) is 11.3 Å². The number of nitriles is 1. The van der Waals surface area contributed by atoms with E-state index in [1.807, 2.05) is 6.07 Å². The van der Waals surface area contributed by atoms with Crippen molar-refractivity contribution < 1.29 is 14.3 Å². The highest BCUT2D eigenvalue weighted by molar-refractivity contribution is 6.30. The predicted octanol–water partition coefficient (Wildman–Crippen LogP) is 3.37. The summed E-state index contributed by atoms with van der Waals surface area (Å²) in [4.78, 5) is 12.5. The largest absolute Gasteiger partial charge is 0.459 e. The Hall–Kier alpha value is -2.45. The first-order valence-electron chi connectivity index (χ1n) is 7.10. The van der Waals surface area contributed by atoms with E-state index in [-0.39, 0.29) is 23.1 Å². The van der Waals surface area contributed by atoms with Crippen molar-refractivity contribution in [2.24, 2.45) is 5.73 Å². The van der Waals surface area contributed by atoms with E-state index in [0.29, 0.717) is 16.3 Å². The molecule has 1 aromatic rings. The molecule has 0 saturated heterocycles. The highest BCUT2D eigenvalue weighted by atomic mass is 35.5. The van der Waals surface area contributed by atoms with E-state index in [0.717, 1.165) is 0 Å². The quantitative estimate of drug-likeness (QED) is 0.858. The highest BCUT2D eigenvalue weighted by Crippen LogP contribution is 2.39. The number of benzene rings is 1. The molecule has 2 rings (SSSR count). The molecule has 1 aliphatic rings. The van der Waals surface area contributed by atoms with Gasteiger partial charge in [-0.15, -0.1) is 0 Å². The molecule has 1 atom stereocenters. The third-order valence-electron chi connectivity index (χ3n) is 3.37. The molecular formula is C17H17ClN2O3. The summed E-state index contributed by atoms with van der Waals surface area (Å²) in [6, 6.07) is 8.91. The molecule has 0 amide bonds. The first-order valence-corrected chi connectivity index (χ1v) is 7.47. The van der Waals surface area contributed by atoms with Gasteiger partial charge in [0.25, 0.3) is 0 Å². The second-order valence-corrected chi connectivity index (χ2v) is 5.84. The van der Waals surface area contributed by atoms with Crippen molar-refractivity contribution in [1.82, 2.24) is 0 Å². The van der Waals surface area contributed by atoms with E-state index in [2.05, 4.69) is 0 Å². The van der Waals surface area contributed by atoms with Crippen LogP contribution in [0.2, 0.25) is 5.02 Å². The molecule has 0 unspecified atom stereocenters. The van der Waals surface area contributed by atoms with Gasteiger partial charge in [0.15, 0.2) is 0 Å². The molecule has 1 aromatic carbocycles. The van der Waals surface area contributed by atoms with Gasteiger partial charge >= 0.3 is 5.97 Å². The zero-order valence-electron chi connectivity index (χ0n) is 13.1. The molecule has 0 fully saturated rings. The summed E-state index contributed by atoms with van der Waals surface area (Å²) in [6.45, 7) is 5.13. The Kier molecular flexibility index (Phi) is 4.97. The lowest BCUT2D eigenvalue weighted by Crippen LogP contribution is -2.26. The number of allylic oxidation sites excluding steroid dienone is 2. The summed E-state index contributed by atoms with van der Waals surface area (Å²) in [5, 5.41) is 10.0. The van der Waals surface area contributed by atoms with E-state index in [9.17, 15) is 10.1 Å². The van der Waals surface area contributed by atoms with Crippen molar-refractivity contribution in [2.75, 3.05) is 0 Å². The molecule has 0 radical (unpaired) electrons. The Labute approximate surface area is 139 Å². The molecule has 0 aromatic heterocycles. The maximum absolute atomic E-state index is 12.5. The molecular weight excluding hydrogens is 316 g/mol. The number of ether oxygens (including phenoxy) is 2. The van der Waals surface area contributed by atoms with Crippen LogP contribution in [0.25, 0.3) is 0 Å². The van der Waals surface area contributed by atoms with Crippen molar-refractivity contribution in [1.29, 1.82) is 5.26 Å². The minimum Gasteiger partial charge on any atom is -0.459 e. The Morgan fingerprint density at radius 3 is 2.52 bits per heavy atom. The molecule has 6 heteroatoms. The van der Waals surface area contributed by atoms with E-state index in [1.54, 1.807) is 45.0 Å². The summed E-state index contributed by atoms with van der Waals surface area (Å²) in [5.41, 5.74) is 6.98. The van der Waals surface area contributed by atoms with Crippen LogP contribution in [0.1, 0.15) is 32.3 Å². The Bertz CT molecular complexity index is 727. The van der Waals surface area contributed by atoms with E-state index < -0.39 is 11.9 Å². The fourth-order valence-corrected chi connectivity index (χ4v) is 2.54. The first kappa shape index (κ1) is 16.9. The molecule has 120 valence electrons. The standard InChI is InChI=1S/C17H17ClN2O3/c1-9(2)22-17(21)14-10(3)23-16(20)13(8-19)15(14)11-4-6-12(18)7-5-11/h4-7,9,15H,20H2,1-3H3/t15-/m0/s1. The molecule has 1 aliphatic heterocycles. The van der Waals surface area contributed by atoms with Crippen LogP contribution >= 0.6 is 11.6 Å². The fourth-order valence-electron chi connectivity index (χ4n) is 2.41. The lowest BCUT2D eigenvalue weighted by molar-refractivity contribution is -0.143. The van der Waals surface area contributed by atoms with Crippen LogP contribution in [-0.2, 0) is 14.3 Å². The predicted molar refractivity (Wildman–Crippen MR) is 86.0 cm³/mol. The average Bonchev–Trinajstić information content (AvgIpc) is 2.46. The van der Waals surface area contributed by atoms with Gasteiger partial charge in [-0.05, 0) is 38.5 Å². The van der Waals surface area contributed by atoms with E-state index in [1.165, 1.54) is 0 Å². The average molecular weight is 333 g/mol. The van der Waals surface area contributed by atoms with Crippen LogP contribution in [0.5, 0.6) is 0 Å². The molecule has 0 aliphatic carbocycles. The molecule has 0 spiro atoms. The number of nitrogens with two attached hydrogens (primary N) is 1. The third kappa shape index (κ3) is 3.49. The van der Waals surface area contributed by atoms with Gasteiger partial charge < -0.3 is 15.2 Å². The van der Waals surface area contributed by atoms with E-state index in [4.69, 9.17) is 26.8 Å². The van der Waals surface area contributed by atoms with Crippen LogP contribution in [0.4, 0.5) is 0 Å². The molecule has 1 heterocycles. The van der Waals surface area contributed by atoms with Crippen LogP contribution < -0.4 is 5.73 Å². The first-order chi connectivity index (χ1) is 10.8. The lowest BCUT2D eigenvalue weighted by Gasteiger charge is -2.27. The van der Waals surface area contributed by atoms with Gasteiger partial charge in [-0.2, -0.15) is 5.26 Å². The third-order valence-corrected chi connectivity index (χ3v) is 3.62. The summed E-state index contributed by atoms with van der Waals surface area (Å²) >= 11 is 5.92. The van der Waals surface area contributed by atoms with Crippen LogP contribution in [0.15, 0.2) is 47.1 Å². The lowest BCUT2D eigenvalue weighted by atomic mass is 9.83. The normalized spacial score (nSPS) is 17.8. The number of rotatable bonds is 3.